The Balaban J connectivity index is 1.38. The van der Waals surface area contributed by atoms with E-state index in [1.54, 1.807) is 0 Å². The van der Waals surface area contributed by atoms with Crippen LogP contribution in [-0.4, -0.2) is 12.5 Å². The van der Waals surface area contributed by atoms with Crippen LogP contribution in [0.3, 0.4) is 0 Å². The van der Waals surface area contributed by atoms with E-state index in [1.165, 1.54) is 11.3 Å². The standard InChI is InChI=1S/C27H20ClNO3S/c28-25-13-11-20(33-25)15-29-23-9-5-4-8-21(23)27(26(29)30)17-32-24-12-10-19(14-22(24)27)31-16-18-6-2-1-3-7-18/h1-14H,15-17H2. The fourth-order valence-corrected chi connectivity index (χ4v) is 5.81. The SMILES string of the molecule is O=C1N(Cc2ccc(Cl)s2)c2ccccc2C12COc1ccc(OCc3ccccc3)cc12. The number of carbonyl (C=O) groups is 1. The molecular formula is C27H20ClNO3S. The lowest BCUT2D eigenvalue weighted by Gasteiger charge is -2.23. The van der Waals surface area contributed by atoms with Gasteiger partial charge in [0.1, 0.15) is 30.1 Å². The van der Waals surface area contributed by atoms with Gasteiger partial charge in [-0.05, 0) is 47.5 Å². The molecule has 6 rings (SSSR count). The van der Waals surface area contributed by atoms with E-state index in [9.17, 15) is 4.79 Å². The zero-order chi connectivity index (χ0) is 22.4. The summed E-state index contributed by atoms with van der Waals surface area (Å²) in [6, 6.07) is 27.6. The number of hydrogen-bond donors (Lipinski definition) is 0. The molecular weight excluding hydrogens is 454 g/mol. The highest BCUT2D eigenvalue weighted by atomic mass is 35.5. The topological polar surface area (TPSA) is 38.8 Å². The minimum Gasteiger partial charge on any atom is -0.491 e. The molecule has 1 amide bonds. The molecule has 33 heavy (non-hydrogen) atoms. The van der Waals surface area contributed by atoms with Gasteiger partial charge in [-0.15, -0.1) is 11.3 Å². The maximum Gasteiger partial charge on any atom is 0.246 e. The van der Waals surface area contributed by atoms with Crippen LogP contribution in [-0.2, 0) is 23.4 Å². The Morgan fingerprint density at radius 2 is 1.79 bits per heavy atom. The summed E-state index contributed by atoms with van der Waals surface area (Å²) in [6.45, 7) is 1.22. The molecule has 4 aromatic rings. The number of hydrogen-bond acceptors (Lipinski definition) is 4. The fraction of sp³-hybridized carbons (Fsp3) is 0.148. The molecule has 3 heterocycles. The third-order valence-corrected chi connectivity index (χ3v) is 7.53. The van der Waals surface area contributed by atoms with Crippen molar-refractivity contribution in [1.82, 2.24) is 0 Å². The number of rotatable bonds is 5. The highest BCUT2D eigenvalue weighted by Gasteiger charge is 2.56. The van der Waals surface area contributed by atoms with Crippen molar-refractivity contribution in [2.24, 2.45) is 0 Å². The first-order valence-corrected chi connectivity index (χ1v) is 11.9. The summed E-state index contributed by atoms with van der Waals surface area (Å²) in [7, 11) is 0. The number of benzene rings is 3. The number of para-hydroxylation sites is 1. The lowest BCUT2D eigenvalue weighted by atomic mass is 9.77. The molecule has 0 fully saturated rings. The van der Waals surface area contributed by atoms with Crippen LogP contribution in [0.25, 0.3) is 0 Å². The number of thiophene rings is 1. The Labute approximate surface area is 201 Å². The fourth-order valence-electron chi connectivity index (χ4n) is 4.74. The molecule has 1 unspecified atom stereocenters. The van der Waals surface area contributed by atoms with Gasteiger partial charge in [0.25, 0.3) is 0 Å². The van der Waals surface area contributed by atoms with Crippen molar-refractivity contribution in [3.8, 4) is 11.5 Å². The number of carbonyl (C=O) groups excluding carboxylic acids is 1. The van der Waals surface area contributed by atoms with Crippen LogP contribution >= 0.6 is 22.9 Å². The Kier molecular flexibility index (Phi) is 4.89. The van der Waals surface area contributed by atoms with Crippen LogP contribution in [0.4, 0.5) is 5.69 Å². The number of amides is 1. The molecule has 2 aliphatic rings. The first kappa shape index (κ1) is 20.3. The molecule has 3 aromatic carbocycles. The van der Waals surface area contributed by atoms with E-state index in [4.69, 9.17) is 21.1 Å². The van der Waals surface area contributed by atoms with Gasteiger partial charge < -0.3 is 14.4 Å². The Morgan fingerprint density at radius 1 is 0.970 bits per heavy atom. The normalized spacial score (nSPS) is 18.3. The van der Waals surface area contributed by atoms with Gasteiger partial charge >= 0.3 is 0 Å². The summed E-state index contributed by atoms with van der Waals surface area (Å²) < 4.78 is 12.9. The lowest BCUT2D eigenvalue weighted by molar-refractivity contribution is -0.122. The van der Waals surface area contributed by atoms with Crippen LogP contribution in [0.5, 0.6) is 11.5 Å². The molecule has 0 aliphatic carbocycles. The number of ether oxygens (including phenoxy) is 2. The maximum absolute atomic E-state index is 14.0. The smallest absolute Gasteiger partial charge is 0.246 e. The predicted octanol–water partition coefficient (Wildman–Crippen LogP) is 6.21. The van der Waals surface area contributed by atoms with E-state index in [0.29, 0.717) is 13.2 Å². The third-order valence-electron chi connectivity index (χ3n) is 6.31. The molecule has 0 N–H and O–H groups in total. The van der Waals surface area contributed by atoms with Crippen molar-refractivity contribution in [1.29, 1.82) is 0 Å². The minimum absolute atomic E-state index is 0.0205. The highest BCUT2D eigenvalue weighted by molar-refractivity contribution is 7.16. The monoisotopic (exact) mass is 473 g/mol. The summed E-state index contributed by atoms with van der Waals surface area (Å²) in [6.07, 6.45) is 0. The van der Waals surface area contributed by atoms with E-state index in [-0.39, 0.29) is 12.5 Å². The second kappa shape index (κ2) is 7.94. The molecule has 4 nitrogen and oxygen atoms in total. The van der Waals surface area contributed by atoms with E-state index in [1.807, 2.05) is 89.8 Å². The zero-order valence-electron chi connectivity index (χ0n) is 17.7. The number of nitrogens with zero attached hydrogens (tertiary/aromatic N) is 1. The van der Waals surface area contributed by atoms with Crippen molar-refractivity contribution in [3.63, 3.8) is 0 Å². The van der Waals surface area contributed by atoms with E-state index in [0.717, 1.165) is 43.1 Å². The number of anilines is 1. The third kappa shape index (κ3) is 3.31. The van der Waals surface area contributed by atoms with Crippen LogP contribution in [0.2, 0.25) is 4.34 Å². The van der Waals surface area contributed by atoms with Gasteiger partial charge in [0.2, 0.25) is 5.91 Å². The predicted molar refractivity (Wildman–Crippen MR) is 130 cm³/mol. The van der Waals surface area contributed by atoms with Crippen molar-refractivity contribution in [2.75, 3.05) is 11.5 Å². The van der Waals surface area contributed by atoms with E-state index < -0.39 is 5.41 Å². The first-order chi connectivity index (χ1) is 16.1. The Morgan fingerprint density at radius 3 is 2.61 bits per heavy atom. The van der Waals surface area contributed by atoms with Crippen LogP contribution in [0, 0.1) is 0 Å². The summed E-state index contributed by atoms with van der Waals surface area (Å²) in [4.78, 5) is 16.9. The van der Waals surface area contributed by atoms with E-state index >= 15 is 0 Å². The van der Waals surface area contributed by atoms with Gasteiger partial charge in [0.15, 0.2) is 0 Å². The summed E-state index contributed by atoms with van der Waals surface area (Å²) in [5.41, 5.74) is 2.96. The van der Waals surface area contributed by atoms with Crippen LogP contribution in [0.15, 0.2) is 84.9 Å². The van der Waals surface area contributed by atoms with Gasteiger partial charge in [0.05, 0.1) is 10.9 Å². The molecule has 1 spiro atoms. The molecule has 1 aromatic heterocycles. The van der Waals surface area contributed by atoms with Gasteiger partial charge in [0, 0.05) is 16.1 Å². The van der Waals surface area contributed by atoms with Gasteiger partial charge in [-0.25, -0.2) is 0 Å². The second-order valence-electron chi connectivity index (χ2n) is 8.24. The molecule has 0 radical (unpaired) electrons. The van der Waals surface area contributed by atoms with Gasteiger partial charge in [-0.1, -0.05) is 60.1 Å². The van der Waals surface area contributed by atoms with Crippen LogP contribution in [0.1, 0.15) is 21.6 Å². The maximum atomic E-state index is 14.0. The van der Waals surface area contributed by atoms with Crippen molar-refractivity contribution >= 4 is 34.5 Å². The minimum atomic E-state index is -0.876. The quantitative estimate of drug-likeness (QED) is 0.346. The molecule has 164 valence electrons. The molecule has 0 saturated carbocycles. The highest BCUT2D eigenvalue weighted by Crippen LogP contribution is 2.53. The van der Waals surface area contributed by atoms with Crippen molar-refractivity contribution in [2.45, 2.75) is 18.6 Å². The Hall–Kier alpha value is -3.28. The largest absolute Gasteiger partial charge is 0.491 e. The zero-order valence-corrected chi connectivity index (χ0v) is 19.2. The van der Waals surface area contributed by atoms with Gasteiger partial charge in [-0.3, -0.25) is 4.79 Å². The molecule has 1 atom stereocenters. The molecule has 0 bridgehead atoms. The van der Waals surface area contributed by atoms with Gasteiger partial charge in [-0.2, -0.15) is 0 Å². The van der Waals surface area contributed by atoms with Crippen LogP contribution < -0.4 is 14.4 Å². The number of halogens is 1. The molecule has 0 saturated heterocycles. The van der Waals surface area contributed by atoms with E-state index in [2.05, 4.69) is 0 Å². The second-order valence-corrected chi connectivity index (χ2v) is 10.0. The molecule has 6 heteroatoms. The first-order valence-electron chi connectivity index (χ1n) is 10.7. The summed E-state index contributed by atoms with van der Waals surface area (Å²) >= 11 is 7.64. The summed E-state index contributed by atoms with van der Waals surface area (Å²) in [5, 5.41) is 0. The van der Waals surface area contributed by atoms with Crippen molar-refractivity contribution in [3.05, 3.63) is 111 Å². The van der Waals surface area contributed by atoms with Crippen molar-refractivity contribution < 1.29 is 14.3 Å². The Bertz CT molecular complexity index is 1350. The average molecular weight is 474 g/mol. The lowest BCUT2D eigenvalue weighted by Crippen LogP contribution is -2.42. The molecule has 2 aliphatic heterocycles. The summed E-state index contributed by atoms with van der Waals surface area (Å²) in [5.74, 6) is 1.47. The average Bonchev–Trinajstić information content (AvgIpc) is 3.51. The number of fused-ring (bicyclic) bond motifs is 4.